The lowest BCUT2D eigenvalue weighted by molar-refractivity contribution is -0.0540. The molecule has 3 saturated carbocycles. The second kappa shape index (κ2) is 8.42. The van der Waals surface area contributed by atoms with Crippen LogP contribution in [0.2, 0.25) is 0 Å². The van der Waals surface area contributed by atoms with E-state index in [2.05, 4.69) is 59.8 Å². The quantitative estimate of drug-likeness (QED) is 0.457. The van der Waals surface area contributed by atoms with Crippen molar-refractivity contribution in [2.45, 2.75) is 105 Å². The molecule has 0 aliphatic heterocycles. The summed E-state index contributed by atoms with van der Waals surface area (Å²) in [5, 5.41) is 10.2. The molecule has 0 unspecified atom stereocenters. The first-order chi connectivity index (χ1) is 14.2. The monoisotopic (exact) mass is 412 g/mol. The first-order valence-corrected chi connectivity index (χ1v) is 13.3. The van der Waals surface area contributed by atoms with Gasteiger partial charge in [0.15, 0.2) is 0 Å². The minimum Gasteiger partial charge on any atom is -0.393 e. The highest BCUT2D eigenvalue weighted by Crippen LogP contribution is 2.67. The molecular formula is C29H48O. The number of fused-ring (bicyclic) bond motifs is 5. The van der Waals surface area contributed by atoms with E-state index >= 15 is 0 Å². The fraction of sp³-hybridized carbons (Fsp3) is 0.862. The van der Waals surface area contributed by atoms with Crippen molar-refractivity contribution in [3.63, 3.8) is 0 Å². The molecule has 9 atom stereocenters. The summed E-state index contributed by atoms with van der Waals surface area (Å²) in [4.78, 5) is 0. The highest BCUT2D eigenvalue weighted by atomic mass is 16.3. The fourth-order valence-corrected chi connectivity index (χ4v) is 8.83. The van der Waals surface area contributed by atoms with Crippen molar-refractivity contribution >= 4 is 0 Å². The summed E-state index contributed by atoms with van der Waals surface area (Å²) in [6, 6.07) is 0. The standard InChI is InChI=1S/C29H48O/c1-7-21(19(2)3)9-8-20(4)25-12-13-26-24-11-10-22-18-23(30)14-16-28(22,5)27(24)15-17-29(25,26)6/h8-10,19-21,23-27,30H,7,11-18H2,1-6H3/b9-8+/t20-,21+,23-,24+,25+,26+,27+,28+,29-/m1/s1. The van der Waals surface area contributed by atoms with Crippen LogP contribution >= 0.6 is 0 Å². The van der Waals surface area contributed by atoms with E-state index in [9.17, 15) is 5.11 Å². The van der Waals surface area contributed by atoms with E-state index in [1.54, 1.807) is 5.57 Å². The average Bonchev–Trinajstić information content (AvgIpc) is 3.06. The van der Waals surface area contributed by atoms with E-state index in [1.807, 2.05) is 0 Å². The SMILES string of the molecule is CC[C@@H](/C=C/[C@@H](C)[C@@H]1CC[C@H]2[C@@H]3CC=C4C[C@H](O)CC[C@]4(C)[C@H]3CC[C@@]21C)C(C)C. The first kappa shape index (κ1) is 22.6. The van der Waals surface area contributed by atoms with Gasteiger partial charge in [-0.05, 0) is 110 Å². The lowest BCUT2D eigenvalue weighted by Crippen LogP contribution is -2.50. The average molecular weight is 413 g/mol. The summed E-state index contributed by atoms with van der Waals surface area (Å²) < 4.78 is 0. The highest BCUT2D eigenvalue weighted by molar-refractivity contribution is 5.25. The van der Waals surface area contributed by atoms with Crippen molar-refractivity contribution in [3.8, 4) is 0 Å². The number of hydrogen-bond donors (Lipinski definition) is 1. The molecule has 4 aliphatic carbocycles. The van der Waals surface area contributed by atoms with E-state index in [4.69, 9.17) is 0 Å². The van der Waals surface area contributed by atoms with Crippen LogP contribution in [0.15, 0.2) is 23.8 Å². The molecular weight excluding hydrogens is 364 g/mol. The van der Waals surface area contributed by atoms with Crippen molar-refractivity contribution in [2.24, 2.45) is 52.3 Å². The van der Waals surface area contributed by atoms with Crippen LogP contribution in [0.1, 0.15) is 99.3 Å². The molecule has 0 aromatic heterocycles. The van der Waals surface area contributed by atoms with Crippen LogP contribution in [-0.4, -0.2) is 11.2 Å². The van der Waals surface area contributed by atoms with Crippen LogP contribution < -0.4 is 0 Å². The molecule has 0 heterocycles. The van der Waals surface area contributed by atoms with Crippen LogP contribution in [-0.2, 0) is 0 Å². The third kappa shape index (κ3) is 3.66. The van der Waals surface area contributed by atoms with Gasteiger partial charge in [-0.15, -0.1) is 0 Å². The van der Waals surface area contributed by atoms with Gasteiger partial charge in [0.1, 0.15) is 0 Å². The number of aliphatic hydroxyl groups excluding tert-OH is 1. The molecule has 3 fully saturated rings. The molecule has 0 amide bonds. The zero-order valence-electron chi connectivity index (χ0n) is 20.7. The van der Waals surface area contributed by atoms with E-state index in [-0.39, 0.29) is 6.10 Å². The fourth-order valence-electron chi connectivity index (χ4n) is 8.83. The van der Waals surface area contributed by atoms with Crippen LogP contribution in [0.25, 0.3) is 0 Å². The lowest BCUT2D eigenvalue weighted by atomic mass is 9.47. The van der Waals surface area contributed by atoms with Crippen molar-refractivity contribution in [2.75, 3.05) is 0 Å². The molecule has 0 saturated heterocycles. The van der Waals surface area contributed by atoms with Crippen LogP contribution in [0.5, 0.6) is 0 Å². The van der Waals surface area contributed by atoms with Crippen molar-refractivity contribution in [1.29, 1.82) is 0 Å². The maximum absolute atomic E-state index is 10.2. The highest BCUT2D eigenvalue weighted by Gasteiger charge is 2.58. The Morgan fingerprint density at radius 3 is 2.50 bits per heavy atom. The minimum atomic E-state index is -0.0870. The molecule has 1 N–H and O–H groups in total. The molecule has 0 aromatic rings. The predicted octanol–water partition coefficient (Wildman–Crippen LogP) is 7.80. The van der Waals surface area contributed by atoms with E-state index < -0.39 is 0 Å². The minimum absolute atomic E-state index is 0.0870. The van der Waals surface area contributed by atoms with E-state index in [0.717, 1.165) is 48.3 Å². The number of hydrogen-bond acceptors (Lipinski definition) is 1. The smallest absolute Gasteiger partial charge is 0.0577 e. The van der Waals surface area contributed by atoms with Crippen molar-refractivity contribution < 1.29 is 5.11 Å². The summed E-state index contributed by atoms with van der Waals surface area (Å²) in [6.07, 6.45) is 19.1. The molecule has 30 heavy (non-hydrogen) atoms. The molecule has 1 nitrogen and oxygen atoms in total. The Balaban J connectivity index is 1.52. The maximum Gasteiger partial charge on any atom is 0.0577 e. The molecule has 0 bridgehead atoms. The predicted molar refractivity (Wildman–Crippen MR) is 128 cm³/mol. The Labute approximate surface area is 186 Å². The van der Waals surface area contributed by atoms with E-state index in [1.165, 1.54) is 44.9 Å². The summed E-state index contributed by atoms with van der Waals surface area (Å²) in [5.41, 5.74) is 2.51. The molecule has 4 aliphatic rings. The van der Waals surface area contributed by atoms with Crippen LogP contribution in [0, 0.1) is 52.3 Å². The zero-order valence-corrected chi connectivity index (χ0v) is 20.7. The second-order valence-corrected chi connectivity index (χ2v) is 12.4. The van der Waals surface area contributed by atoms with Gasteiger partial charge in [0, 0.05) is 0 Å². The molecule has 170 valence electrons. The van der Waals surface area contributed by atoms with Crippen molar-refractivity contribution in [3.05, 3.63) is 23.8 Å². The molecule has 0 spiro atoms. The van der Waals surface area contributed by atoms with Gasteiger partial charge < -0.3 is 5.11 Å². The molecule has 0 radical (unpaired) electrons. The third-order valence-electron chi connectivity index (χ3n) is 10.8. The molecule has 4 rings (SSSR count). The second-order valence-electron chi connectivity index (χ2n) is 12.4. The summed E-state index contributed by atoms with van der Waals surface area (Å²) in [6.45, 7) is 14.8. The summed E-state index contributed by atoms with van der Waals surface area (Å²) >= 11 is 0. The van der Waals surface area contributed by atoms with Crippen LogP contribution in [0.3, 0.4) is 0 Å². The normalized spacial score (nSPS) is 45.6. The van der Waals surface area contributed by atoms with Gasteiger partial charge in [0.2, 0.25) is 0 Å². The van der Waals surface area contributed by atoms with Gasteiger partial charge >= 0.3 is 0 Å². The zero-order chi connectivity index (χ0) is 21.7. The molecule has 1 heteroatoms. The molecule has 0 aromatic carbocycles. The Hall–Kier alpha value is -0.560. The number of aliphatic hydroxyl groups is 1. The third-order valence-corrected chi connectivity index (χ3v) is 10.8. The van der Waals surface area contributed by atoms with Crippen LogP contribution in [0.4, 0.5) is 0 Å². The summed E-state index contributed by atoms with van der Waals surface area (Å²) in [5.74, 6) is 5.70. The summed E-state index contributed by atoms with van der Waals surface area (Å²) in [7, 11) is 0. The first-order valence-electron chi connectivity index (χ1n) is 13.3. The Bertz CT molecular complexity index is 674. The lowest BCUT2D eigenvalue weighted by Gasteiger charge is -2.58. The Morgan fingerprint density at radius 2 is 1.80 bits per heavy atom. The van der Waals surface area contributed by atoms with Gasteiger partial charge in [-0.1, -0.05) is 65.3 Å². The van der Waals surface area contributed by atoms with Gasteiger partial charge in [-0.2, -0.15) is 0 Å². The largest absolute Gasteiger partial charge is 0.393 e. The van der Waals surface area contributed by atoms with Gasteiger partial charge in [-0.3, -0.25) is 0 Å². The van der Waals surface area contributed by atoms with Gasteiger partial charge in [0.25, 0.3) is 0 Å². The van der Waals surface area contributed by atoms with Gasteiger partial charge in [-0.25, -0.2) is 0 Å². The number of allylic oxidation sites excluding steroid dienone is 3. The Kier molecular flexibility index (Phi) is 6.35. The van der Waals surface area contributed by atoms with Gasteiger partial charge in [0.05, 0.1) is 6.10 Å². The van der Waals surface area contributed by atoms with Crippen molar-refractivity contribution in [1.82, 2.24) is 0 Å². The maximum atomic E-state index is 10.2. The topological polar surface area (TPSA) is 20.2 Å². The van der Waals surface area contributed by atoms with E-state index in [0.29, 0.717) is 16.7 Å². The number of rotatable bonds is 5. The Morgan fingerprint density at radius 1 is 1.03 bits per heavy atom.